The standard InChI is InChI=1S/C17H21BrN4O4.CO2/c1-16(2,3)26-15(23)20-17(4,11-21-10-13(18)9-19-21)12-6-5-7-14(8-12)22(24)25;2-1-3/h5-10H,11H2,1-4H3,(H,20,23);. The predicted molar refractivity (Wildman–Crippen MR) is 105 cm³/mol. The summed E-state index contributed by atoms with van der Waals surface area (Å²) in [6.07, 6.45) is 3.02. The fourth-order valence-corrected chi connectivity index (χ4v) is 2.77. The number of carbonyl (C=O) groups is 1. The van der Waals surface area contributed by atoms with Gasteiger partial charge in [0, 0.05) is 18.3 Å². The average Bonchev–Trinajstić information content (AvgIpc) is 2.98. The third kappa shape index (κ3) is 7.84. The third-order valence-corrected chi connectivity index (χ3v) is 3.96. The normalized spacial score (nSPS) is 12.6. The van der Waals surface area contributed by atoms with Crippen LogP contribution in [0.3, 0.4) is 0 Å². The van der Waals surface area contributed by atoms with E-state index in [0.717, 1.165) is 4.47 Å². The molecule has 1 N–H and O–H groups in total. The van der Waals surface area contributed by atoms with Crippen molar-refractivity contribution in [2.75, 3.05) is 0 Å². The van der Waals surface area contributed by atoms with Gasteiger partial charge in [0.15, 0.2) is 0 Å². The van der Waals surface area contributed by atoms with Crippen molar-refractivity contribution in [1.82, 2.24) is 15.1 Å². The van der Waals surface area contributed by atoms with Crippen molar-refractivity contribution < 1.29 is 24.0 Å². The molecule has 0 saturated carbocycles. The maximum Gasteiger partial charge on any atom is 0.408 e. The molecule has 1 atom stereocenters. The fourth-order valence-electron chi connectivity index (χ4n) is 2.44. The van der Waals surface area contributed by atoms with E-state index in [1.165, 1.54) is 12.1 Å². The van der Waals surface area contributed by atoms with E-state index in [4.69, 9.17) is 14.3 Å². The van der Waals surface area contributed by atoms with E-state index >= 15 is 0 Å². The molecule has 1 amide bonds. The van der Waals surface area contributed by atoms with Gasteiger partial charge >= 0.3 is 12.2 Å². The first-order chi connectivity index (χ1) is 13.4. The lowest BCUT2D eigenvalue weighted by atomic mass is 9.91. The van der Waals surface area contributed by atoms with Crippen molar-refractivity contribution in [3.05, 3.63) is 56.8 Å². The summed E-state index contributed by atoms with van der Waals surface area (Å²) >= 11 is 3.33. The Labute approximate surface area is 175 Å². The van der Waals surface area contributed by atoms with Crippen LogP contribution in [0.1, 0.15) is 33.3 Å². The second-order valence-corrected chi connectivity index (χ2v) is 8.12. The molecular formula is C18H21BrN4O6. The highest BCUT2D eigenvalue weighted by Gasteiger charge is 2.33. The number of benzene rings is 1. The first-order valence-electron chi connectivity index (χ1n) is 8.33. The minimum absolute atomic E-state index is 0.0543. The molecule has 1 heterocycles. The van der Waals surface area contributed by atoms with Gasteiger partial charge in [-0.3, -0.25) is 14.8 Å². The maximum atomic E-state index is 12.4. The van der Waals surface area contributed by atoms with Gasteiger partial charge in [-0.2, -0.15) is 14.7 Å². The number of ether oxygens (including phenoxy) is 1. The SMILES string of the molecule is CC(C)(C)OC(=O)NC(C)(Cn1cc(Br)cn1)c1cccc([N+](=O)[O-])c1.O=C=O. The summed E-state index contributed by atoms with van der Waals surface area (Å²) < 4.78 is 7.78. The molecule has 2 rings (SSSR count). The monoisotopic (exact) mass is 468 g/mol. The Morgan fingerprint density at radius 1 is 1.34 bits per heavy atom. The van der Waals surface area contributed by atoms with Gasteiger partial charge in [-0.1, -0.05) is 12.1 Å². The van der Waals surface area contributed by atoms with E-state index in [1.807, 2.05) is 0 Å². The molecule has 0 bridgehead atoms. The minimum atomic E-state index is -0.972. The highest BCUT2D eigenvalue weighted by atomic mass is 79.9. The molecule has 29 heavy (non-hydrogen) atoms. The molecule has 2 aromatic rings. The Bertz CT molecular complexity index is 902. The van der Waals surface area contributed by atoms with Crippen LogP contribution in [0.4, 0.5) is 10.5 Å². The Morgan fingerprint density at radius 2 is 1.97 bits per heavy atom. The Hall–Kier alpha value is -3.04. The summed E-state index contributed by atoms with van der Waals surface area (Å²) in [6, 6.07) is 6.15. The molecule has 0 aliphatic carbocycles. The summed E-state index contributed by atoms with van der Waals surface area (Å²) in [6.45, 7) is 7.33. The fraction of sp³-hybridized carbons (Fsp3) is 0.389. The quantitative estimate of drug-likeness (QED) is 0.524. The zero-order valence-corrected chi connectivity index (χ0v) is 17.9. The van der Waals surface area contributed by atoms with Gasteiger partial charge in [0.05, 0.1) is 27.7 Å². The van der Waals surface area contributed by atoms with Gasteiger partial charge in [-0.15, -0.1) is 0 Å². The molecule has 0 aliphatic rings. The molecule has 0 fully saturated rings. The number of non-ortho nitro benzene ring substituents is 1. The van der Waals surface area contributed by atoms with Gasteiger partial charge in [-0.05, 0) is 49.2 Å². The van der Waals surface area contributed by atoms with Crippen molar-refractivity contribution in [3.8, 4) is 0 Å². The smallest absolute Gasteiger partial charge is 0.408 e. The number of hydrogen-bond donors (Lipinski definition) is 1. The first-order valence-corrected chi connectivity index (χ1v) is 9.13. The van der Waals surface area contributed by atoms with Crippen LogP contribution in [-0.2, 0) is 26.4 Å². The summed E-state index contributed by atoms with van der Waals surface area (Å²) in [5, 5.41) is 18.2. The lowest BCUT2D eigenvalue weighted by Crippen LogP contribution is -2.48. The summed E-state index contributed by atoms with van der Waals surface area (Å²) in [4.78, 5) is 39.3. The number of carbonyl (C=O) groups excluding carboxylic acids is 3. The summed E-state index contributed by atoms with van der Waals surface area (Å²) in [7, 11) is 0. The topological polar surface area (TPSA) is 133 Å². The van der Waals surface area contributed by atoms with Gasteiger partial charge in [0.2, 0.25) is 0 Å². The number of amides is 1. The second-order valence-electron chi connectivity index (χ2n) is 7.21. The zero-order valence-electron chi connectivity index (χ0n) is 16.3. The highest BCUT2D eigenvalue weighted by molar-refractivity contribution is 9.10. The number of halogens is 1. The molecule has 1 aromatic carbocycles. The number of nitro benzene ring substituents is 1. The van der Waals surface area contributed by atoms with Crippen LogP contribution in [-0.4, -0.2) is 32.5 Å². The number of rotatable bonds is 5. The average molecular weight is 469 g/mol. The van der Waals surface area contributed by atoms with Gasteiger partial charge in [0.25, 0.3) is 5.69 Å². The third-order valence-electron chi connectivity index (χ3n) is 3.55. The van der Waals surface area contributed by atoms with Crippen LogP contribution >= 0.6 is 15.9 Å². The first kappa shape index (κ1) is 24.0. The van der Waals surface area contributed by atoms with Gasteiger partial charge in [0.1, 0.15) is 5.60 Å². The summed E-state index contributed by atoms with van der Waals surface area (Å²) in [5.74, 6) is 0. The van der Waals surface area contributed by atoms with Gasteiger partial charge in [-0.25, -0.2) is 4.79 Å². The molecule has 156 valence electrons. The van der Waals surface area contributed by atoms with Gasteiger partial charge < -0.3 is 10.1 Å². The molecule has 0 saturated heterocycles. The molecule has 1 aromatic heterocycles. The molecular weight excluding hydrogens is 448 g/mol. The predicted octanol–water partition coefficient (Wildman–Crippen LogP) is 3.41. The molecule has 10 nitrogen and oxygen atoms in total. The van der Waals surface area contributed by atoms with Crippen LogP contribution in [0.2, 0.25) is 0 Å². The maximum absolute atomic E-state index is 12.4. The van der Waals surface area contributed by atoms with Crippen LogP contribution < -0.4 is 5.32 Å². The van der Waals surface area contributed by atoms with E-state index in [2.05, 4.69) is 26.3 Å². The van der Waals surface area contributed by atoms with Crippen LogP contribution in [0, 0.1) is 10.1 Å². The number of aromatic nitrogens is 2. The van der Waals surface area contributed by atoms with E-state index in [-0.39, 0.29) is 18.4 Å². The van der Waals surface area contributed by atoms with E-state index < -0.39 is 22.2 Å². The van der Waals surface area contributed by atoms with Crippen LogP contribution in [0.25, 0.3) is 0 Å². The molecule has 0 spiro atoms. The Kier molecular flexibility index (Phi) is 8.23. The van der Waals surface area contributed by atoms with E-state index in [1.54, 1.807) is 56.9 Å². The number of alkyl carbamates (subject to hydrolysis) is 1. The second kappa shape index (κ2) is 9.94. The van der Waals surface area contributed by atoms with Crippen LogP contribution in [0.5, 0.6) is 0 Å². The number of nitrogens with zero attached hydrogens (tertiary/aromatic N) is 3. The van der Waals surface area contributed by atoms with E-state index in [9.17, 15) is 14.9 Å². The minimum Gasteiger partial charge on any atom is -0.444 e. The van der Waals surface area contributed by atoms with Crippen molar-refractivity contribution in [2.45, 2.75) is 45.4 Å². The lowest BCUT2D eigenvalue weighted by Gasteiger charge is -2.32. The highest BCUT2D eigenvalue weighted by Crippen LogP contribution is 2.27. The Balaban J connectivity index is 0.00000132. The molecule has 0 aliphatic heterocycles. The number of nitrogens with one attached hydrogen (secondary N) is 1. The molecule has 1 unspecified atom stereocenters. The molecule has 11 heteroatoms. The number of hydrogen-bond acceptors (Lipinski definition) is 7. The van der Waals surface area contributed by atoms with Crippen molar-refractivity contribution >= 4 is 33.9 Å². The van der Waals surface area contributed by atoms with Crippen LogP contribution in [0.15, 0.2) is 41.1 Å². The van der Waals surface area contributed by atoms with Crippen molar-refractivity contribution in [1.29, 1.82) is 0 Å². The van der Waals surface area contributed by atoms with Crippen molar-refractivity contribution in [2.24, 2.45) is 0 Å². The molecule has 0 radical (unpaired) electrons. The van der Waals surface area contributed by atoms with E-state index in [0.29, 0.717) is 5.56 Å². The summed E-state index contributed by atoms with van der Waals surface area (Å²) in [5.41, 5.74) is -1.12. The zero-order chi connectivity index (χ0) is 22.2. The largest absolute Gasteiger partial charge is 0.444 e. The Morgan fingerprint density at radius 3 is 2.45 bits per heavy atom. The number of nitro groups is 1. The van der Waals surface area contributed by atoms with Crippen molar-refractivity contribution in [3.63, 3.8) is 0 Å². The lowest BCUT2D eigenvalue weighted by molar-refractivity contribution is -0.385.